The topological polar surface area (TPSA) is 61.0 Å². The fraction of sp³-hybridized carbons (Fsp3) is 0.600. The lowest BCUT2D eigenvalue weighted by atomic mass is 9.88. The first-order valence-electron chi connectivity index (χ1n) is 6.90. The van der Waals surface area contributed by atoms with Crippen molar-refractivity contribution in [1.29, 1.82) is 0 Å². The molecule has 0 saturated carbocycles. The monoisotopic (exact) mass is 293 g/mol. The van der Waals surface area contributed by atoms with Gasteiger partial charge >= 0.3 is 0 Å². The van der Waals surface area contributed by atoms with Crippen LogP contribution in [0.5, 0.6) is 0 Å². The Bertz CT molecular complexity index is 628. The molecule has 0 bridgehead atoms. The van der Waals surface area contributed by atoms with Gasteiger partial charge in [0.2, 0.25) is 0 Å². The van der Waals surface area contributed by atoms with Gasteiger partial charge in [0, 0.05) is 11.5 Å². The van der Waals surface area contributed by atoms with E-state index < -0.39 is 0 Å². The van der Waals surface area contributed by atoms with Gasteiger partial charge in [0.15, 0.2) is 5.82 Å². The molecule has 0 aliphatic rings. The van der Waals surface area contributed by atoms with Gasteiger partial charge < -0.3 is 10.5 Å². The molecule has 0 aliphatic heterocycles. The number of hydrogen-bond acceptors (Lipinski definition) is 5. The highest BCUT2D eigenvalue weighted by Gasteiger charge is 2.30. The van der Waals surface area contributed by atoms with Crippen molar-refractivity contribution < 1.29 is 4.74 Å². The number of rotatable bonds is 3. The Kier molecular flexibility index (Phi) is 4.02. The minimum atomic E-state index is -0.151. The van der Waals surface area contributed by atoms with Gasteiger partial charge in [-0.15, -0.1) is 11.3 Å². The van der Waals surface area contributed by atoms with Crippen LogP contribution in [0.4, 0.5) is 5.82 Å². The Labute approximate surface area is 124 Å². The van der Waals surface area contributed by atoms with E-state index in [0.717, 1.165) is 10.2 Å². The predicted molar refractivity (Wildman–Crippen MR) is 85.1 cm³/mol. The first-order chi connectivity index (χ1) is 9.25. The maximum absolute atomic E-state index is 6.15. The zero-order valence-electron chi connectivity index (χ0n) is 13.1. The molecule has 2 rings (SSSR count). The summed E-state index contributed by atoms with van der Waals surface area (Å²) < 4.78 is 5.86. The van der Waals surface area contributed by atoms with E-state index in [-0.39, 0.29) is 11.5 Å². The summed E-state index contributed by atoms with van der Waals surface area (Å²) in [5.41, 5.74) is 7.25. The molecule has 2 aromatic rings. The average Bonchev–Trinajstić information content (AvgIpc) is 2.60. The average molecular weight is 293 g/mol. The Morgan fingerprint density at radius 2 is 1.90 bits per heavy atom. The minimum absolute atomic E-state index is 0.0719. The summed E-state index contributed by atoms with van der Waals surface area (Å²) in [7, 11) is 0. The second-order valence-electron chi connectivity index (χ2n) is 6.13. The van der Waals surface area contributed by atoms with Crippen molar-refractivity contribution in [2.75, 3.05) is 12.3 Å². The van der Waals surface area contributed by atoms with Crippen LogP contribution in [0.3, 0.4) is 0 Å². The van der Waals surface area contributed by atoms with Gasteiger partial charge in [-0.3, -0.25) is 0 Å². The van der Waals surface area contributed by atoms with Crippen molar-refractivity contribution in [2.24, 2.45) is 5.41 Å². The van der Waals surface area contributed by atoms with Crippen molar-refractivity contribution in [3.8, 4) is 0 Å². The zero-order valence-corrected chi connectivity index (χ0v) is 13.9. The molecule has 1 atom stereocenters. The Hall–Kier alpha value is -1.20. The van der Waals surface area contributed by atoms with Crippen molar-refractivity contribution in [1.82, 2.24) is 9.97 Å². The molecule has 2 N–H and O–H groups in total. The maximum Gasteiger partial charge on any atom is 0.161 e. The van der Waals surface area contributed by atoms with Gasteiger partial charge in [-0.2, -0.15) is 0 Å². The van der Waals surface area contributed by atoms with E-state index in [1.807, 2.05) is 6.92 Å². The lowest BCUT2D eigenvalue weighted by Crippen LogP contribution is -2.24. The number of nitrogens with two attached hydrogens (primary N) is 1. The van der Waals surface area contributed by atoms with Crippen LogP contribution in [0, 0.1) is 19.3 Å². The quantitative estimate of drug-likeness (QED) is 0.928. The number of aryl methyl sites for hydroxylation is 2. The third-order valence-corrected chi connectivity index (χ3v) is 4.53. The Morgan fingerprint density at radius 3 is 2.45 bits per heavy atom. The van der Waals surface area contributed by atoms with Crippen LogP contribution in [-0.4, -0.2) is 16.6 Å². The van der Waals surface area contributed by atoms with E-state index in [1.165, 1.54) is 10.4 Å². The van der Waals surface area contributed by atoms with Crippen LogP contribution in [0.25, 0.3) is 10.2 Å². The number of nitrogens with zero attached hydrogens (tertiary/aromatic N) is 2. The molecule has 2 heterocycles. The summed E-state index contributed by atoms with van der Waals surface area (Å²) in [5, 5.41) is 0.986. The normalized spacial score (nSPS) is 13.9. The van der Waals surface area contributed by atoms with Gasteiger partial charge in [-0.1, -0.05) is 20.8 Å². The molecule has 1 unspecified atom stereocenters. The molecule has 5 heteroatoms. The van der Waals surface area contributed by atoms with Crippen LogP contribution < -0.4 is 5.73 Å². The van der Waals surface area contributed by atoms with Crippen LogP contribution in [0.15, 0.2) is 0 Å². The smallest absolute Gasteiger partial charge is 0.161 e. The highest BCUT2D eigenvalue weighted by molar-refractivity contribution is 7.18. The number of fused-ring (bicyclic) bond motifs is 1. The summed E-state index contributed by atoms with van der Waals surface area (Å²) in [6.45, 7) is 13.2. The van der Waals surface area contributed by atoms with Gasteiger partial charge in [0.25, 0.3) is 0 Å². The molecule has 0 radical (unpaired) electrons. The molecule has 0 spiro atoms. The van der Waals surface area contributed by atoms with E-state index in [4.69, 9.17) is 15.5 Å². The standard InChI is InChI=1S/C15H23N3OS/c1-7-19-11(15(4,5)6)13-17-12(16)10-8(2)9(3)20-14(10)18-13/h11H,7H2,1-6H3,(H2,16,17,18). The molecule has 2 aromatic heterocycles. The lowest BCUT2D eigenvalue weighted by Gasteiger charge is -2.29. The minimum Gasteiger partial charge on any atom is -0.383 e. The van der Waals surface area contributed by atoms with Crippen LogP contribution in [-0.2, 0) is 4.74 Å². The summed E-state index contributed by atoms with van der Waals surface area (Å²) in [5.74, 6) is 1.24. The number of ether oxygens (including phenoxy) is 1. The van der Waals surface area contributed by atoms with Gasteiger partial charge in [0.1, 0.15) is 16.8 Å². The second-order valence-corrected chi connectivity index (χ2v) is 7.34. The van der Waals surface area contributed by atoms with E-state index in [9.17, 15) is 0 Å². The molecule has 0 fully saturated rings. The molecule has 20 heavy (non-hydrogen) atoms. The van der Waals surface area contributed by atoms with E-state index >= 15 is 0 Å². The van der Waals surface area contributed by atoms with Crippen molar-refractivity contribution >= 4 is 27.4 Å². The van der Waals surface area contributed by atoms with E-state index in [1.54, 1.807) is 11.3 Å². The molecule has 0 amide bonds. The second kappa shape index (κ2) is 5.30. The summed E-state index contributed by atoms with van der Waals surface area (Å²) >= 11 is 1.67. The van der Waals surface area contributed by atoms with Crippen molar-refractivity contribution in [2.45, 2.75) is 47.6 Å². The largest absolute Gasteiger partial charge is 0.383 e. The van der Waals surface area contributed by atoms with Gasteiger partial charge in [0.05, 0.1) is 5.39 Å². The fourth-order valence-electron chi connectivity index (χ4n) is 2.29. The molecule has 4 nitrogen and oxygen atoms in total. The summed E-state index contributed by atoms with van der Waals surface area (Å²) in [4.78, 5) is 11.4. The highest BCUT2D eigenvalue weighted by atomic mass is 32.1. The van der Waals surface area contributed by atoms with E-state index in [0.29, 0.717) is 18.2 Å². The SMILES string of the molecule is CCOC(c1nc(N)c2c(C)c(C)sc2n1)C(C)(C)C. The highest BCUT2D eigenvalue weighted by Crippen LogP contribution is 2.38. The third kappa shape index (κ3) is 2.65. The van der Waals surface area contributed by atoms with Crippen LogP contribution >= 0.6 is 11.3 Å². The first kappa shape index (κ1) is 15.2. The van der Waals surface area contributed by atoms with Gasteiger partial charge in [-0.25, -0.2) is 9.97 Å². The molecule has 0 aliphatic carbocycles. The maximum atomic E-state index is 6.15. The molecule has 110 valence electrons. The number of nitrogen functional groups attached to an aromatic ring is 1. The lowest BCUT2D eigenvalue weighted by molar-refractivity contribution is -0.0187. The molecular weight excluding hydrogens is 270 g/mol. The number of anilines is 1. The zero-order chi connectivity index (χ0) is 15.1. The summed E-state index contributed by atoms with van der Waals surface area (Å²) in [6, 6.07) is 0. The third-order valence-electron chi connectivity index (χ3n) is 3.43. The number of thiophene rings is 1. The van der Waals surface area contributed by atoms with Crippen LogP contribution in [0.1, 0.15) is 50.1 Å². The molecular formula is C15H23N3OS. The number of aromatic nitrogens is 2. The van der Waals surface area contributed by atoms with E-state index in [2.05, 4.69) is 39.6 Å². The summed E-state index contributed by atoms with van der Waals surface area (Å²) in [6.07, 6.45) is -0.151. The van der Waals surface area contributed by atoms with Crippen LogP contribution in [0.2, 0.25) is 0 Å². The number of hydrogen-bond donors (Lipinski definition) is 1. The Balaban J connectivity index is 2.60. The predicted octanol–water partition coefficient (Wildman–Crippen LogP) is 4.01. The fourth-order valence-corrected chi connectivity index (χ4v) is 3.34. The molecule has 0 aromatic carbocycles. The van der Waals surface area contributed by atoms with Gasteiger partial charge in [-0.05, 0) is 31.7 Å². The van der Waals surface area contributed by atoms with Crippen molar-refractivity contribution in [3.05, 3.63) is 16.3 Å². The Morgan fingerprint density at radius 1 is 1.25 bits per heavy atom. The van der Waals surface area contributed by atoms with Crippen molar-refractivity contribution in [3.63, 3.8) is 0 Å². The first-order valence-corrected chi connectivity index (χ1v) is 7.72. The molecule has 0 saturated heterocycles.